The molecule has 1 aromatic heterocycles. The highest BCUT2D eigenvalue weighted by atomic mass is 35.5. The van der Waals surface area contributed by atoms with Crippen molar-refractivity contribution >= 4 is 11.6 Å². The summed E-state index contributed by atoms with van der Waals surface area (Å²) in [6.45, 7) is 0.813. The quantitative estimate of drug-likeness (QED) is 0.667. The number of hydrogen-bond acceptors (Lipinski definition) is 3. The van der Waals surface area contributed by atoms with Gasteiger partial charge in [0.25, 0.3) is 0 Å². The second-order valence-electron chi connectivity index (χ2n) is 2.80. The van der Waals surface area contributed by atoms with Crippen molar-refractivity contribution in [1.82, 2.24) is 4.98 Å². The van der Waals surface area contributed by atoms with Crippen molar-refractivity contribution in [3.63, 3.8) is 0 Å². The van der Waals surface area contributed by atoms with Crippen LogP contribution < -0.4 is 0 Å². The van der Waals surface area contributed by atoms with Crippen molar-refractivity contribution in [3.8, 4) is 0 Å². The molecule has 0 aliphatic carbocycles. The topological polar surface area (TPSA) is 35.3 Å². The molecule has 0 bridgehead atoms. The lowest BCUT2D eigenvalue weighted by Gasteiger charge is -2.05. The van der Waals surface area contributed by atoms with Gasteiger partial charge in [0.05, 0.1) is 11.6 Å². The summed E-state index contributed by atoms with van der Waals surface area (Å²) in [4.78, 5) is 4.00. The zero-order valence-corrected chi connectivity index (χ0v) is 7.38. The smallest absolute Gasteiger partial charge is 0.181 e. The number of rotatable bonds is 2. The highest BCUT2D eigenvalue weighted by Gasteiger charge is 2.23. The minimum absolute atomic E-state index is 0.0845. The molecule has 2 rings (SSSR count). The molecule has 4 heteroatoms. The predicted molar refractivity (Wildman–Crippen MR) is 44.0 cm³/mol. The monoisotopic (exact) mass is 187 g/mol. The van der Waals surface area contributed by atoms with Gasteiger partial charge >= 0.3 is 0 Å². The molecule has 12 heavy (non-hydrogen) atoms. The maximum absolute atomic E-state index is 5.67. The minimum atomic E-state index is 0.0845. The van der Waals surface area contributed by atoms with E-state index in [0.29, 0.717) is 5.88 Å². The van der Waals surface area contributed by atoms with Crippen molar-refractivity contribution in [3.05, 3.63) is 17.8 Å². The largest absolute Gasteiger partial charge is 0.445 e. The second kappa shape index (κ2) is 3.46. The number of ether oxygens (including phenoxy) is 1. The van der Waals surface area contributed by atoms with Gasteiger partial charge in [-0.05, 0) is 12.8 Å². The number of oxazole rings is 1. The molecule has 1 aliphatic rings. The molecule has 66 valence electrons. The third kappa shape index (κ3) is 1.34. The van der Waals surface area contributed by atoms with Crippen LogP contribution in [0.4, 0.5) is 0 Å². The zero-order chi connectivity index (χ0) is 8.39. The Morgan fingerprint density at radius 3 is 3.25 bits per heavy atom. The molecule has 1 fully saturated rings. The highest BCUT2D eigenvalue weighted by molar-refractivity contribution is 6.16. The van der Waals surface area contributed by atoms with Crippen LogP contribution in [-0.2, 0) is 10.6 Å². The Hall–Kier alpha value is -0.540. The molecule has 1 aromatic rings. The number of nitrogens with zero attached hydrogens (tertiary/aromatic N) is 1. The van der Waals surface area contributed by atoms with E-state index in [9.17, 15) is 0 Å². The molecule has 1 unspecified atom stereocenters. The Labute approximate surface area is 75.7 Å². The molecule has 3 nitrogen and oxygen atoms in total. The Morgan fingerprint density at radius 2 is 2.58 bits per heavy atom. The van der Waals surface area contributed by atoms with E-state index < -0.39 is 0 Å². The van der Waals surface area contributed by atoms with Gasteiger partial charge in [-0.2, -0.15) is 0 Å². The third-order valence-corrected chi connectivity index (χ3v) is 2.27. The van der Waals surface area contributed by atoms with Crippen molar-refractivity contribution < 1.29 is 9.15 Å². The van der Waals surface area contributed by atoms with Crippen LogP contribution in [0, 0.1) is 0 Å². The summed E-state index contributed by atoms with van der Waals surface area (Å²) in [7, 11) is 0. The first kappa shape index (κ1) is 8.08. The van der Waals surface area contributed by atoms with E-state index in [0.717, 1.165) is 30.9 Å². The van der Waals surface area contributed by atoms with Gasteiger partial charge in [0.15, 0.2) is 12.2 Å². The average Bonchev–Trinajstić information content (AvgIpc) is 2.74. The van der Waals surface area contributed by atoms with E-state index in [-0.39, 0.29) is 6.10 Å². The van der Waals surface area contributed by atoms with E-state index in [1.54, 1.807) is 0 Å². The maximum atomic E-state index is 5.67. The van der Waals surface area contributed by atoms with Gasteiger partial charge in [-0.15, -0.1) is 11.6 Å². The van der Waals surface area contributed by atoms with Gasteiger partial charge in [0, 0.05) is 6.61 Å². The summed E-state index contributed by atoms with van der Waals surface area (Å²) in [6.07, 6.45) is 3.61. The van der Waals surface area contributed by atoms with Crippen LogP contribution in [0.25, 0.3) is 0 Å². The Balaban J connectivity index is 2.19. The van der Waals surface area contributed by atoms with E-state index in [4.69, 9.17) is 20.8 Å². The fourth-order valence-corrected chi connectivity index (χ4v) is 1.63. The first-order valence-corrected chi connectivity index (χ1v) is 4.55. The molecule has 0 N–H and O–H groups in total. The fourth-order valence-electron chi connectivity index (χ4n) is 1.42. The van der Waals surface area contributed by atoms with E-state index in [1.807, 2.05) is 0 Å². The number of hydrogen-bond donors (Lipinski definition) is 0. The summed E-state index contributed by atoms with van der Waals surface area (Å²) < 4.78 is 10.7. The molecular weight excluding hydrogens is 178 g/mol. The van der Waals surface area contributed by atoms with Crippen LogP contribution in [0.3, 0.4) is 0 Å². The van der Waals surface area contributed by atoms with Gasteiger partial charge in [0.1, 0.15) is 6.10 Å². The van der Waals surface area contributed by atoms with E-state index >= 15 is 0 Å². The van der Waals surface area contributed by atoms with Crippen LogP contribution in [0.15, 0.2) is 10.8 Å². The summed E-state index contributed by atoms with van der Waals surface area (Å²) >= 11 is 5.67. The molecule has 0 aromatic carbocycles. The van der Waals surface area contributed by atoms with Crippen LogP contribution in [0.5, 0.6) is 0 Å². The standard InChI is InChI=1S/C8H10ClNO2/c9-4-6-8(12-5-10-6)7-2-1-3-11-7/h5,7H,1-4H2. The lowest BCUT2D eigenvalue weighted by Crippen LogP contribution is -1.97. The summed E-state index contributed by atoms with van der Waals surface area (Å²) in [5.41, 5.74) is 0.809. The van der Waals surface area contributed by atoms with E-state index in [2.05, 4.69) is 4.98 Å². The molecule has 0 amide bonds. The van der Waals surface area contributed by atoms with Gasteiger partial charge in [-0.1, -0.05) is 0 Å². The summed E-state index contributed by atoms with van der Waals surface area (Å²) in [5, 5.41) is 0. The summed E-state index contributed by atoms with van der Waals surface area (Å²) in [5.74, 6) is 1.20. The fraction of sp³-hybridized carbons (Fsp3) is 0.625. The molecule has 1 atom stereocenters. The van der Waals surface area contributed by atoms with Crippen LogP contribution >= 0.6 is 11.6 Å². The van der Waals surface area contributed by atoms with Crippen molar-refractivity contribution in [2.24, 2.45) is 0 Å². The average molecular weight is 188 g/mol. The second-order valence-corrected chi connectivity index (χ2v) is 3.07. The number of aromatic nitrogens is 1. The Kier molecular flexibility index (Phi) is 2.33. The lowest BCUT2D eigenvalue weighted by atomic mass is 10.2. The third-order valence-electron chi connectivity index (χ3n) is 2.02. The van der Waals surface area contributed by atoms with Crippen LogP contribution in [0.2, 0.25) is 0 Å². The molecule has 1 saturated heterocycles. The molecular formula is C8H10ClNO2. The number of alkyl halides is 1. The minimum Gasteiger partial charge on any atom is -0.445 e. The first-order valence-electron chi connectivity index (χ1n) is 4.01. The molecule has 1 aliphatic heterocycles. The lowest BCUT2D eigenvalue weighted by molar-refractivity contribution is 0.0928. The van der Waals surface area contributed by atoms with Crippen molar-refractivity contribution in [2.75, 3.05) is 6.61 Å². The molecule has 0 spiro atoms. The molecule has 0 radical (unpaired) electrons. The van der Waals surface area contributed by atoms with Gasteiger partial charge < -0.3 is 9.15 Å². The Bertz CT molecular complexity index is 255. The number of halogens is 1. The normalized spacial score (nSPS) is 23.2. The molecule has 0 saturated carbocycles. The predicted octanol–water partition coefficient (Wildman–Crippen LogP) is 2.26. The van der Waals surface area contributed by atoms with E-state index in [1.165, 1.54) is 6.39 Å². The van der Waals surface area contributed by atoms with Crippen LogP contribution in [0.1, 0.15) is 30.4 Å². The zero-order valence-electron chi connectivity index (χ0n) is 6.62. The summed E-state index contributed by atoms with van der Waals surface area (Å²) in [6, 6.07) is 0. The van der Waals surface area contributed by atoms with Gasteiger partial charge in [0.2, 0.25) is 0 Å². The highest BCUT2D eigenvalue weighted by Crippen LogP contribution is 2.30. The molecule has 2 heterocycles. The van der Waals surface area contributed by atoms with Crippen molar-refractivity contribution in [1.29, 1.82) is 0 Å². The maximum Gasteiger partial charge on any atom is 0.181 e. The Morgan fingerprint density at radius 1 is 1.67 bits per heavy atom. The van der Waals surface area contributed by atoms with Gasteiger partial charge in [-0.3, -0.25) is 0 Å². The van der Waals surface area contributed by atoms with Crippen LogP contribution in [-0.4, -0.2) is 11.6 Å². The van der Waals surface area contributed by atoms with Crippen molar-refractivity contribution in [2.45, 2.75) is 24.8 Å². The SMILES string of the molecule is ClCc1ncoc1C1CCCO1. The van der Waals surface area contributed by atoms with Gasteiger partial charge in [-0.25, -0.2) is 4.98 Å². The first-order chi connectivity index (χ1) is 5.92.